The van der Waals surface area contributed by atoms with Gasteiger partial charge in [0.15, 0.2) is 0 Å². The Kier molecular flexibility index (Phi) is 3.57. The zero-order valence-electron chi connectivity index (χ0n) is 14.4. The molecule has 128 valence electrons. The molecule has 2 aliphatic heterocycles. The fraction of sp³-hybridized carbons (Fsp3) is 0.333. The largest absolute Gasteiger partial charge is 0.344 e. The van der Waals surface area contributed by atoms with Crippen LogP contribution in [0.15, 0.2) is 58.3 Å². The van der Waals surface area contributed by atoms with E-state index in [2.05, 4.69) is 28.9 Å². The molecule has 0 saturated carbocycles. The Bertz CT molecular complexity index is 976. The van der Waals surface area contributed by atoms with Gasteiger partial charge in [-0.3, -0.25) is 0 Å². The highest BCUT2D eigenvalue weighted by molar-refractivity contribution is 7.85. The third-order valence-corrected chi connectivity index (χ3v) is 7.08. The van der Waals surface area contributed by atoms with Crippen molar-refractivity contribution < 1.29 is 4.21 Å². The number of nitrogens with zero attached hydrogens (tertiary/aromatic N) is 1. The molecule has 0 aliphatic carbocycles. The molecule has 3 heterocycles. The number of aryl methyl sites for hydroxylation is 1. The second-order valence-electron chi connectivity index (χ2n) is 7.06. The maximum atomic E-state index is 13.0. The second-order valence-corrected chi connectivity index (χ2v) is 8.54. The highest BCUT2D eigenvalue weighted by Gasteiger charge is 2.36. The first-order valence-electron chi connectivity index (χ1n) is 9.14. The van der Waals surface area contributed by atoms with Crippen LogP contribution in [-0.2, 0) is 23.8 Å². The van der Waals surface area contributed by atoms with Crippen molar-refractivity contribution in [2.45, 2.75) is 54.6 Å². The fourth-order valence-electron chi connectivity index (χ4n) is 4.62. The minimum absolute atomic E-state index is 0.462. The summed E-state index contributed by atoms with van der Waals surface area (Å²) >= 11 is 0. The standard InChI is InChI=1S/C21H22N2OS/c1-2-23-19-11-9-16(25(24)15-6-4-3-5-7-15)13-17(19)21-18-10-8-14(22-18)12-20(21)23/h3-7,9,11,13-14,18,22H,2,8,10,12H2,1H3. The van der Waals surface area contributed by atoms with Gasteiger partial charge in [-0.05, 0) is 55.7 Å². The lowest BCUT2D eigenvalue weighted by molar-refractivity contribution is 0.498. The second kappa shape index (κ2) is 5.82. The first-order valence-corrected chi connectivity index (χ1v) is 10.3. The molecule has 0 radical (unpaired) electrons. The van der Waals surface area contributed by atoms with Crippen molar-refractivity contribution in [2.75, 3.05) is 0 Å². The van der Waals surface area contributed by atoms with Crippen LogP contribution in [0.2, 0.25) is 0 Å². The molecule has 3 atom stereocenters. The van der Waals surface area contributed by atoms with E-state index < -0.39 is 10.8 Å². The summed E-state index contributed by atoms with van der Waals surface area (Å²) in [5.41, 5.74) is 4.24. The quantitative estimate of drug-likeness (QED) is 0.769. The number of hydrogen-bond donors (Lipinski definition) is 1. The molecular formula is C21H22N2OS. The molecule has 25 heavy (non-hydrogen) atoms. The SMILES string of the molecule is CCn1c2c(c3cc(S(=O)c4ccccc4)ccc31)C1CCC(C2)N1. The molecular weight excluding hydrogens is 328 g/mol. The van der Waals surface area contributed by atoms with Gasteiger partial charge in [0.05, 0.1) is 10.8 Å². The van der Waals surface area contributed by atoms with Crippen LogP contribution in [0, 0.1) is 0 Å². The average Bonchev–Trinajstić information content (AvgIpc) is 3.19. The molecule has 0 amide bonds. The summed E-state index contributed by atoms with van der Waals surface area (Å²) in [5, 5.41) is 5.06. The van der Waals surface area contributed by atoms with E-state index in [0.29, 0.717) is 12.1 Å². The highest BCUT2D eigenvalue weighted by atomic mass is 32.2. The summed E-state index contributed by atoms with van der Waals surface area (Å²) in [6, 6.07) is 17.2. The van der Waals surface area contributed by atoms with E-state index in [1.165, 1.54) is 35.0 Å². The van der Waals surface area contributed by atoms with Crippen LogP contribution in [0.5, 0.6) is 0 Å². The molecule has 1 aromatic heterocycles. The first kappa shape index (κ1) is 15.4. The maximum Gasteiger partial charge on any atom is 0.0849 e. The average molecular weight is 350 g/mol. The van der Waals surface area contributed by atoms with Crippen molar-refractivity contribution in [3.63, 3.8) is 0 Å². The fourth-order valence-corrected chi connectivity index (χ4v) is 5.71. The highest BCUT2D eigenvalue weighted by Crippen LogP contribution is 2.42. The van der Waals surface area contributed by atoms with E-state index in [1.54, 1.807) is 0 Å². The van der Waals surface area contributed by atoms with Gasteiger partial charge in [0.25, 0.3) is 0 Å². The normalized spacial score (nSPS) is 22.9. The number of aromatic nitrogens is 1. The number of fused-ring (bicyclic) bond motifs is 6. The molecule has 4 heteroatoms. The molecule has 5 rings (SSSR count). The van der Waals surface area contributed by atoms with Crippen LogP contribution in [0.4, 0.5) is 0 Å². The van der Waals surface area contributed by atoms with Crippen LogP contribution in [0.3, 0.4) is 0 Å². The minimum Gasteiger partial charge on any atom is -0.344 e. The van der Waals surface area contributed by atoms with Crippen LogP contribution in [0.25, 0.3) is 10.9 Å². The molecule has 1 N–H and O–H groups in total. The van der Waals surface area contributed by atoms with E-state index >= 15 is 0 Å². The summed E-state index contributed by atoms with van der Waals surface area (Å²) in [5.74, 6) is 0. The maximum absolute atomic E-state index is 13.0. The van der Waals surface area contributed by atoms with Gasteiger partial charge in [-0.2, -0.15) is 0 Å². The van der Waals surface area contributed by atoms with Crippen molar-refractivity contribution in [3.8, 4) is 0 Å². The summed E-state index contributed by atoms with van der Waals surface area (Å²) in [6.45, 7) is 3.21. The van der Waals surface area contributed by atoms with Crippen molar-refractivity contribution in [1.29, 1.82) is 0 Å². The predicted octanol–water partition coefficient (Wildman–Crippen LogP) is 4.18. The van der Waals surface area contributed by atoms with Crippen LogP contribution < -0.4 is 5.32 Å². The van der Waals surface area contributed by atoms with E-state index in [4.69, 9.17) is 0 Å². The first-order chi connectivity index (χ1) is 12.3. The van der Waals surface area contributed by atoms with E-state index in [0.717, 1.165) is 22.8 Å². The lowest BCUT2D eigenvalue weighted by atomic mass is 9.99. The number of hydrogen-bond acceptors (Lipinski definition) is 2. The molecule has 0 spiro atoms. The smallest absolute Gasteiger partial charge is 0.0849 e. The Morgan fingerprint density at radius 3 is 2.76 bits per heavy atom. The van der Waals surface area contributed by atoms with Gasteiger partial charge in [0.1, 0.15) is 0 Å². The Balaban J connectivity index is 1.69. The number of benzene rings is 2. The van der Waals surface area contributed by atoms with Gasteiger partial charge in [0.2, 0.25) is 0 Å². The summed E-state index contributed by atoms with van der Waals surface area (Å²) < 4.78 is 15.4. The number of rotatable bonds is 3. The monoisotopic (exact) mass is 350 g/mol. The Morgan fingerprint density at radius 1 is 1.12 bits per heavy atom. The molecule has 3 unspecified atom stereocenters. The van der Waals surface area contributed by atoms with E-state index in [9.17, 15) is 4.21 Å². The lowest BCUT2D eigenvalue weighted by Crippen LogP contribution is -2.32. The number of nitrogens with one attached hydrogen (secondary N) is 1. The summed E-state index contributed by atoms with van der Waals surface area (Å²) in [4.78, 5) is 1.76. The zero-order valence-corrected chi connectivity index (χ0v) is 15.2. The molecule has 1 fully saturated rings. The third-order valence-electron chi connectivity index (χ3n) is 5.70. The molecule has 3 aromatic rings. The third kappa shape index (κ3) is 2.31. The van der Waals surface area contributed by atoms with Gasteiger partial charge in [-0.15, -0.1) is 0 Å². The Hall–Kier alpha value is -1.91. The molecule has 1 saturated heterocycles. The van der Waals surface area contributed by atoms with Crippen LogP contribution in [0.1, 0.15) is 37.1 Å². The Labute approximate surface area is 150 Å². The van der Waals surface area contributed by atoms with Crippen molar-refractivity contribution in [2.24, 2.45) is 0 Å². The van der Waals surface area contributed by atoms with Crippen LogP contribution in [-0.4, -0.2) is 14.8 Å². The summed E-state index contributed by atoms with van der Waals surface area (Å²) in [6.07, 6.45) is 3.60. The Morgan fingerprint density at radius 2 is 1.96 bits per heavy atom. The zero-order chi connectivity index (χ0) is 17.0. The van der Waals surface area contributed by atoms with Crippen molar-refractivity contribution >= 4 is 21.7 Å². The molecule has 2 bridgehead atoms. The van der Waals surface area contributed by atoms with Gasteiger partial charge in [-0.25, -0.2) is 4.21 Å². The molecule has 3 nitrogen and oxygen atoms in total. The molecule has 2 aliphatic rings. The van der Waals surface area contributed by atoms with Gasteiger partial charge < -0.3 is 9.88 Å². The predicted molar refractivity (Wildman–Crippen MR) is 101 cm³/mol. The van der Waals surface area contributed by atoms with Crippen molar-refractivity contribution in [1.82, 2.24) is 9.88 Å². The summed E-state index contributed by atoms with van der Waals surface area (Å²) in [7, 11) is -1.13. The lowest BCUT2D eigenvalue weighted by Gasteiger charge is -2.23. The van der Waals surface area contributed by atoms with E-state index in [-0.39, 0.29) is 0 Å². The molecule has 2 aromatic carbocycles. The topological polar surface area (TPSA) is 34.0 Å². The van der Waals surface area contributed by atoms with Gasteiger partial charge >= 0.3 is 0 Å². The van der Waals surface area contributed by atoms with Gasteiger partial charge in [-0.1, -0.05) is 18.2 Å². The minimum atomic E-state index is -1.13. The van der Waals surface area contributed by atoms with Crippen LogP contribution >= 0.6 is 0 Å². The van der Waals surface area contributed by atoms with Gasteiger partial charge in [0, 0.05) is 51.4 Å². The van der Waals surface area contributed by atoms with Crippen molar-refractivity contribution in [3.05, 3.63) is 59.8 Å². The van der Waals surface area contributed by atoms with E-state index in [1.807, 2.05) is 36.4 Å².